The fourth-order valence-corrected chi connectivity index (χ4v) is 4.28. The standard InChI is InChI=1S/C21H28FN7O2/c1-11-6-7-13(8-15(11)22)9-29-10-24-18-16(29)19(25-12(2)14-4-3-5-14)28-20(27-18)17(23)26-21(30)31/h10,12-14H,3-9H2,1-2H3,(H2,23,26)(H,30,31)(H,25,27,28). The van der Waals surface area contributed by atoms with Crippen LogP contribution >= 0.6 is 0 Å². The Morgan fingerprint density at radius 1 is 1.42 bits per heavy atom. The van der Waals surface area contributed by atoms with Gasteiger partial charge >= 0.3 is 6.09 Å². The molecule has 2 atom stereocenters. The van der Waals surface area contributed by atoms with Crippen molar-refractivity contribution in [3.8, 4) is 0 Å². The minimum Gasteiger partial charge on any atom is -0.463 e. The number of nitrogens with one attached hydrogen (secondary N) is 1. The molecule has 2 unspecified atom stereocenters. The van der Waals surface area contributed by atoms with Gasteiger partial charge in [-0.05, 0) is 56.9 Å². The van der Waals surface area contributed by atoms with Gasteiger partial charge < -0.3 is 20.7 Å². The number of amides is 1. The number of imidazole rings is 1. The number of rotatable bonds is 6. The van der Waals surface area contributed by atoms with Crippen LogP contribution in [0.4, 0.5) is 15.0 Å². The van der Waals surface area contributed by atoms with Gasteiger partial charge in [-0.15, -0.1) is 0 Å². The van der Waals surface area contributed by atoms with Crippen molar-refractivity contribution in [3.05, 3.63) is 23.6 Å². The van der Waals surface area contributed by atoms with E-state index in [1.54, 1.807) is 6.33 Å². The zero-order valence-corrected chi connectivity index (χ0v) is 17.8. The summed E-state index contributed by atoms with van der Waals surface area (Å²) < 4.78 is 16.1. The first-order valence-electron chi connectivity index (χ1n) is 10.7. The summed E-state index contributed by atoms with van der Waals surface area (Å²) in [5, 5.41) is 12.4. The Hall–Kier alpha value is -3.04. The van der Waals surface area contributed by atoms with Crippen LogP contribution in [0.5, 0.6) is 0 Å². The molecule has 166 valence electrons. The molecule has 1 saturated carbocycles. The minimum absolute atomic E-state index is 0.0192. The molecule has 2 aliphatic carbocycles. The molecule has 0 aliphatic heterocycles. The van der Waals surface area contributed by atoms with Gasteiger partial charge in [0.1, 0.15) is 5.52 Å². The summed E-state index contributed by atoms with van der Waals surface area (Å²) in [4.78, 5) is 27.5. The average molecular weight is 430 g/mol. The molecule has 0 bridgehead atoms. The van der Waals surface area contributed by atoms with Crippen molar-refractivity contribution >= 4 is 28.9 Å². The fourth-order valence-electron chi connectivity index (χ4n) is 4.28. The van der Waals surface area contributed by atoms with Gasteiger partial charge in [0, 0.05) is 19.0 Å². The van der Waals surface area contributed by atoms with E-state index in [1.807, 2.05) is 11.5 Å². The van der Waals surface area contributed by atoms with Crippen LogP contribution in [0.1, 0.15) is 58.2 Å². The van der Waals surface area contributed by atoms with Crippen LogP contribution in [0.2, 0.25) is 0 Å². The molecule has 2 aromatic rings. The first-order valence-corrected chi connectivity index (χ1v) is 10.7. The summed E-state index contributed by atoms with van der Waals surface area (Å²) in [6, 6.07) is 0.179. The third kappa shape index (κ3) is 4.52. The van der Waals surface area contributed by atoms with Gasteiger partial charge in [-0.3, -0.25) is 0 Å². The lowest BCUT2D eigenvalue weighted by atomic mass is 9.80. The highest BCUT2D eigenvalue weighted by molar-refractivity contribution is 6.01. The molecule has 4 rings (SSSR count). The lowest BCUT2D eigenvalue weighted by molar-refractivity contribution is 0.205. The SMILES string of the molecule is CC1=C(F)CC(Cn2cnc3nc(C(N)=NC(=O)O)nc(NC(C)C4CCC4)c32)CC1. The molecule has 2 aromatic heterocycles. The number of amidine groups is 1. The highest BCUT2D eigenvalue weighted by atomic mass is 19.1. The Morgan fingerprint density at radius 2 is 2.19 bits per heavy atom. The molecule has 31 heavy (non-hydrogen) atoms. The number of fused-ring (bicyclic) bond motifs is 1. The normalized spacial score (nSPS) is 21.3. The number of halogens is 1. The second kappa shape index (κ2) is 8.60. The molecular formula is C21H28FN7O2. The number of allylic oxidation sites excluding steroid dienone is 2. The Kier molecular flexibility index (Phi) is 5.88. The molecule has 1 amide bonds. The summed E-state index contributed by atoms with van der Waals surface area (Å²) in [6.45, 7) is 4.56. The number of anilines is 1. The summed E-state index contributed by atoms with van der Waals surface area (Å²) in [5.41, 5.74) is 7.76. The van der Waals surface area contributed by atoms with Crippen molar-refractivity contribution in [2.24, 2.45) is 22.6 Å². The predicted molar refractivity (Wildman–Crippen MR) is 116 cm³/mol. The molecule has 4 N–H and O–H groups in total. The van der Waals surface area contributed by atoms with Crippen molar-refractivity contribution in [1.82, 2.24) is 19.5 Å². The molecule has 0 saturated heterocycles. The van der Waals surface area contributed by atoms with E-state index in [9.17, 15) is 9.18 Å². The maximum atomic E-state index is 14.1. The second-order valence-electron chi connectivity index (χ2n) is 8.66. The number of nitrogens with two attached hydrogens (primary N) is 1. The topological polar surface area (TPSA) is 131 Å². The second-order valence-corrected chi connectivity index (χ2v) is 8.66. The third-order valence-electron chi connectivity index (χ3n) is 6.45. The van der Waals surface area contributed by atoms with Crippen LogP contribution in [0.15, 0.2) is 22.7 Å². The van der Waals surface area contributed by atoms with Gasteiger partial charge in [-0.2, -0.15) is 4.99 Å². The van der Waals surface area contributed by atoms with Crippen LogP contribution in [0, 0.1) is 11.8 Å². The van der Waals surface area contributed by atoms with E-state index in [0.29, 0.717) is 35.9 Å². The Morgan fingerprint density at radius 3 is 2.84 bits per heavy atom. The summed E-state index contributed by atoms with van der Waals surface area (Å²) >= 11 is 0. The third-order valence-corrected chi connectivity index (χ3v) is 6.45. The van der Waals surface area contributed by atoms with E-state index in [1.165, 1.54) is 6.42 Å². The Bertz CT molecular complexity index is 1060. The number of hydrogen-bond acceptors (Lipinski definition) is 5. The van der Waals surface area contributed by atoms with Crippen molar-refractivity contribution in [2.45, 2.75) is 65.0 Å². The first kappa shape index (κ1) is 21.2. The Balaban J connectivity index is 1.70. The first-order chi connectivity index (χ1) is 14.8. The maximum Gasteiger partial charge on any atom is 0.433 e. The lowest BCUT2D eigenvalue weighted by Gasteiger charge is -2.32. The molecule has 0 aromatic carbocycles. The number of nitrogens with zero attached hydrogens (tertiary/aromatic N) is 5. The van der Waals surface area contributed by atoms with E-state index in [-0.39, 0.29) is 29.4 Å². The quantitative estimate of drug-likeness (QED) is 0.469. The predicted octanol–water partition coefficient (Wildman–Crippen LogP) is 3.85. The van der Waals surface area contributed by atoms with Gasteiger partial charge in [-0.25, -0.2) is 24.1 Å². The summed E-state index contributed by atoms with van der Waals surface area (Å²) in [5.74, 6) is 0.980. The molecule has 0 spiro atoms. The van der Waals surface area contributed by atoms with E-state index in [2.05, 4.69) is 32.2 Å². The lowest BCUT2D eigenvalue weighted by Crippen LogP contribution is -2.32. The monoisotopic (exact) mass is 429 g/mol. The molecule has 10 heteroatoms. The van der Waals surface area contributed by atoms with Crippen LogP contribution in [-0.2, 0) is 6.54 Å². The van der Waals surface area contributed by atoms with E-state index < -0.39 is 6.09 Å². The fraction of sp³-hybridized carbons (Fsp3) is 0.571. The maximum absolute atomic E-state index is 14.1. The molecule has 9 nitrogen and oxygen atoms in total. The highest BCUT2D eigenvalue weighted by Gasteiger charge is 2.27. The van der Waals surface area contributed by atoms with E-state index >= 15 is 0 Å². The van der Waals surface area contributed by atoms with Crippen molar-refractivity contribution in [2.75, 3.05) is 5.32 Å². The Labute approximate surface area is 179 Å². The van der Waals surface area contributed by atoms with E-state index in [0.717, 1.165) is 31.3 Å². The molecule has 2 aliphatic rings. The van der Waals surface area contributed by atoms with Crippen LogP contribution < -0.4 is 11.1 Å². The van der Waals surface area contributed by atoms with Gasteiger partial charge in [0.25, 0.3) is 0 Å². The summed E-state index contributed by atoms with van der Waals surface area (Å²) in [7, 11) is 0. The number of aromatic nitrogens is 4. The van der Waals surface area contributed by atoms with Crippen LogP contribution in [0.3, 0.4) is 0 Å². The van der Waals surface area contributed by atoms with Gasteiger partial charge in [-0.1, -0.05) is 6.42 Å². The average Bonchev–Trinajstić information content (AvgIpc) is 3.05. The molecule has 1 fully saturated rings. The number of carboxylic acid groups (broad SMARTS) is 1. The minimum atomic E-state index is -1.41. The van der Waals surface area contributed by atoms with Crippen molar-refractivity contribution in [3.63, 3.8) is 0 Å². The summed E-state index contributed by atoms with van der Waals surface area (Å²) in [6.07, 6.45) is 5.89. The zero-order chi connectivity index (χ0) is 22.1. The van der Waals surface area contributed by atoms with Crippen LogP contribution in [-0.4, -0.2) is 42.6 Å². The largest absolute Gasteiger partial charge is 0.463 e. The molecule has 0 radical (unpaired) electrons. The van der Waals surface area contributed by atoms with Crippen molar-refractivity contribution < 1.29 is 14.3 Å². The zero-order valence-electron chi connectivity index (χ0n) is 17.8. The van der Waals surface area contributed by atoms with Crippen molar-refractivity contribution in [1.29, 1.82) is 0 Å². The smallest absolute Gasteiger partial charge is 0.433 e. The van der Waals surface area contributed by atoms with Gasteiger partial charge in [0.2, 0.25) is 0 Å². The molecule has 2 heterocycles. The van der Waals surface area contributed by atoms with Gasteiger partial charge in [0.15, 0.2) is 23.1 Å². The highest BCUT2D eigenvalue weighted by Crippen LogP contribution is 2.34. The van der Waals surface area contributed by atoms with E-state index in [4.69, 9.17) is 10.8 Å². The number of aliphatic imine (C=N–C) groups is 1. The number of hydrogen-bond donors (Lipinski definition) is 3. The number of carbonyl (C=O) groups is 1. The van der Waals surface area contributed by atoms with Gasteiger partial charge in [0.05, 0.1) is 12.2 Å². The van der Waals surface area contributed by atoms with Crippen LogP contribution in [0.25, 0.3) is 11.2 Å². The molecular weight excluding hydrogens is 401 g/mol.